The molecule has 0 bridgehead atoms. The fourth-order valence-corrected chi connectivity index (χ4v) is 2.55. The third-order valence-corrected chi connectivity index (χ3v) is 3.79. The third kappa shape index (κ3) is 2.71. The Kier molecular flexibility index (Phi) is 3.75. The van der Waals surface area contributed by atoms with Gasteiger partial charge in [-0.2, -0.15) is 0 Å². The van der Waals surface area contributed by atoms with Gasteiger partial charge in [0.15, 0.2) is 0 Å². The molecular formula is C14H18FNO3. The number of rotatable bonds is 4. The van der Waals surface area contributed by atoms with Crippen LogP contribution in [0.15, 0.2) is 18.2 Å². The smallest absolute Gasteiger partial charge is 0.324 e. The third-order valence-electron chi connectivity index (χ3n) is 3.79. The van der Waals surface area contributed by atoms with Gasteiger partial charge in [0.25, 0.3) is 0 Å². The van der Waals surface area contributed by atoms with Crippen molar-refractivity contribution >= 4 is 5.97 Å². The summed E-state index contributed by atoms with van der Waals surface area (Å²) >= 11 is 0. The van der Waals surface area contributed by atoms with Crippen molar-refractivity contribution in [1.29, 1.82) is 0 Å². The lowest BCUT2D eigenvalue weighted by molar-refractivity contribution is -0.144. The summed E-state index contributed by atoms with van der Waals surface area (Å²) in [5.41, 5.74) is -0.184. The van der Waals surface area contributed by atoms with Crippen LogP contribution in [-0.2, 0) is 4.79 Å². The van der Waals surface area contributed by atoms with Crippen molar-refractivity contribution in [2.45, 2.75) is 37.8 Å². The molecule has 2 unspecified atom stereocenters. The van der Waals surface area contributed by atoms with Crippen molar-refractivity contribution in [3.63, 3.8) is 0 Å². The molecule has 0 aliphatic heterocycles. The summed E-state index contributed by atoms with van der Waals surface area (Å²) in [6.45, 7) is 1.77. The van der Waals surface area contributed by atoms with Crippen molar-refractivity contribution in [2.24, 2.45) is 0 Å². The highest BCUT2D eigenvalue weighted by atomic mass is 19.1. The normalized spacial score (nSPS) is 26.4. The number of carboxylic acid groups (broad SMARTS) is 1. The molecule has 0 saturated heterocycles. The Balaban J connectivity index is 2.08. The van der Waals surface area contributed by atoms with E-state index < -0.39 is 11.5 Å². The molecule has 1 aliphatic carbocycles. The summed E-state index contributed by atoms with van der Waals surface area (Å²) in [5.74, 6) is -0.535. The van der Waals surface area contributed by atoms with E-state index in [-0.39, 0.29) is 11.9 Å². The number of ether oxygens (including phenoxy) is 1. The maximum Gasteiger partial charge on any atom is 0.324 e. The Morgan fingerprint density at radius 3 is 2.84 bits per heavy atom. The van der Waals surface area contributed by atoms with Crippen LogP contribution < -0.4 is 10.1 Å². The molecule has 5 heteroatoms. The summed E-state index contributed by atoms with van der Waals surface area (Å²) < 4.78 is 18.8. The molecule has 0 radical (unpaired) electrons. The minimum absolute atomic E-state index is 0.160. The fourth-order valence-electron chi connectivity index (χ4n) is 2.55. The van der Waals surface area contributed by atoms with Crippen LogP contribution in [0.4, 0.5) is 4.39 Å². The van der Waals surface area contributed by atoms with Gasteiger partial charge in [-0.05, 0) is 50.6 Å². The second-order valence-electron chi connectivity index (χ2n) is 5.03. The van der Waals surface area contributed by atoms with Crippen LogP contribution >= 0.6 is 0 Å². The Morgan fingerprint density at radius 2 is 2.32 bits per heavy atom. The molecular weight excluding hydrogens is 249 g/mol. The summed E-state index contributed by atoms with van der Waals surface area (Å²) in [6, 6.07) is 4.34. The second kappa shape index (κ2) is 5.17. The number of likely N-dealkylation sites (N-methyl/N-ethyl adjacent to an activating group) is 1. The number of aryl methyl sites for hydroxylation is 1. The van der Waals surface area contributed by atoms with Gasteiger partial charge in [0.1, 0.15) is 23.2 Å². The Bertz CT molecular complexity index is 492. The van der Waals surface area contributed by atoms with Gasteiger partial charge in [-0.1, -0.05) is 0 Å². The Morgan fingerprint density at radius 1 is 1.58 bits per heavy atom. The van der Waals surface area contributed by atoms with Crippen molar-refractivity contribution < 1.29 is 19.0 Å². The summed E-state index contributed by atoms with van der Waals surface area (Å²) in [5, 5.41) is 12.1. The van der Waals surface area contributed by atoms with Crippen molar-refractivity contribution in [3.8, 4) is 5.75 Å². The van der Waals surface area contributed by atoms with E-state index in [9.17, 15) is 14.3 Å². The molecule has 0 spiro atoms. The standard InChI is InChI=1S/C14H18FNO3/c1-9-7-10(15)3-4-12(9)19-11-5-6-14(8-11,16-2)13(17)18/h3-4,7,11,16H,5-6,8H2,1-2H3,(H,17,18). The number of hydrogen-bond donors (Lipinski definition) is 2. The number of hydrogen-bond acceptors (Lipinski definition) is 3. The summed E-state index contributed by atoms with van der Waals surface area (Å²) in [6.07, 6.45) is 1.45. The van der Waals surface area contributed by atoms with Crippen LogP contribution in [0.25, 0.3) is 0 Å². The van der Waals surface area contributed by atoms with E-state index in [1.165, 1.54) is 12.1 Å². The first-order valence-corrected chi connectivity index (χ1v) is 6.32. The lowest BCUT2D eigenvalue weighted by Gasteiger charge is -2.23. The van der Waals surface area contributed by atoms with Gasteiger partial charge in [0, 0.05) is 6.42 Å². The average Bonchev–Trinajstić information content (AvgIpc) is 2.77. The average molecular weight is 267 g/mol. The number of benzene rings is 1. The molecule has 1 fully saturated rings. The maximum absolute atomic E-state index is 13.0. The second-order valence-corrected chi connectivity index (χ2v) is 5.03. The van der Waals surface area contributed by atoms with Crippen LogP contribution in [0.5, 0.6) is 5.75 Å². The van der Waals surface area contributed by atoms with E-state index in [0.717, 1.165) is 5.56 Å². The first-order chi connectivity index (χ1) is 8.97. The molecule has 19 heavy (non-hydrogen) atoms. The van der Waals surface area contributed by atoms with Gasteiger partial charge >= 0.3 is 5.97 Å². The zero-order chi connectivity index (χ0) is 14.0. The number of halogens is 1. The van der Waals surface area contributed by atoms with Crippen LogP contribution in [0, 0.1) is 12.7 Å². The molecule has 2 atom stereocenters. The molecule has 2 rings (SSSR count). The molecule has 104 valence electrons. The monoisotopic (exact) mass is 267 g/mol. The van der Waals surface area contributed by atoms with Gasteiger partial charge < -0.3 is 15.2 Å². The van der Waals surface area contributed by atoms with Crippen molar-refractivity contribution in [3.05, 3.63) is 29.6 Å². The van der Waals surface area contributed by atoms with Crippen LogP contribution in [-0.4, -0.2) is 29.8 Å². The van der Waals surface area contributed by atoms with Gasteiger partial charge in [-0.25, -0.2) is 4.39 Å². The lowest BCUT2D eigenvalue weighted by Crippen LogP contribution is -2.48. The van der Waals surface area contributed by atoms with Gasteiger partial charge in [-0.15, -0.1) is 0 Å². The van der Waals surface area contributed by atoms with E-state index in [1.807, 2.05) is 0 Å². The maximum atomic E-state index is 13.0. The van der Waals surface area contributed by atoms with Gasteiger partial charge in [-0.3, -0.25) is 4.79 Å². The number of aliphatic carboxylic acids is 1. The minimum Gasteiger partial charge on any atom is -0.490 e. The van der Waals surface area contributed by atoms with Crippen LogP contribution in [0.3, 0.4) is 0 Å². The first-order valence-electron chi connectivity index (χ1n) is 6.32. The lowest BCUT2D eigenvalue weighted by atomic mass is 9.98. The molecule has 0 amide bonds. The number of carbonyl (C=O) groups is 1. The highest BCUT2D eigenvalue weighted by molar-refractivity contribution is 5.79. The molecule has 1 aromatic rings. The summed E-state index contributed by atoms with van der Waals surface area (Å²) in [4.78, 5) is 11.3. The first kappa shape index (κ1) is 13.8. The molecule has 1 aliphatic rings. The number of nitrogens with one attached hydrogen (secondary N) is 1. The Hall–Kier alpha value is -1.62. The predicted molar refractivity (Wildman–Crippen MR) is 68.8 cm³/mol. The molecule has 0 aromatic heterocycles. The fraction of sp³-hybridized carbons (Fsp3) is 0.500. The van der Waals surface area contributed by atoms with E-state index in [2.05, 4.69) is 5.32 Å². The predicted octanol–water partition coefficient (Wildman–Crippen LogP) is 2.11. The minimum atomic E-state index is -0.904. The molecule has 1 aromatic carbocycles. The quantitative estimate of drug-likeness (QED) is 0.877. The molecule has 0 heterocycles. The zero-order valence-corrected chi connectivity index (χ0v) is 11.1. The van der Waals surface area contributed by atoms with Crippen LogP contribution in [0.2, 0.25) is 0 Å². The van der Waals surface area contributed by atoms with Gasteiger partial charge in [0.2, 0.25) is 0 Å². The largest absolute Gasteiger partial charge is 0.490 e. The van der Waals surface area contributed by atoms with Crippen molar-refractivity contribution in [2.75, 3.05) is 7.05 Å². The molecule has 1 saturated carbocycles. The topological polar surface area (TPSA) is 58.6 Å². The molecule has 4 nitrogen and oxygen atoms in total. The van der Waals surface area contributed by atoms with E-state index in [0.29, 0.717) is 25.0 Å². The highest BCUT2D eigenvalue weighted by Crippen LogP contribution is 2.33. The van der Waals surface area contributed by atoms with E-state index in [4.69, 9.17) is 4.74 Å². The summed E-state index contributed by atoms with van der Waals surface area (Å²) in [7, 11) is 1.65. The van der Waals surface area contributed by atoms with Crippen LogP contribution in [0.1, 0.15) is 24.8 Å². The van der Waals surface area contributed by atoms with E-state index >= 15 is 0 Å². The van der Waals surface area contributed by atoms with Crippen molar-refractivity contribution in [1.82, 2.24) is 5.32 Å². The highest BCUT2D eigenvalue weighted by Gasteiger charge is 2.45. The van der Waals surface area contributed by atoms with E-state index in [1.54, 1.807) is 20.0 Å². The van der Waals surface area contributed by atoms with Gasteiger partial charge in [0.05, 0.1) is 0 Å². The Labute approximate surface area is 111 Å². The number of carboxylic acids is 1. The molecule has 2 N–H and O–H groups in total. The zero-order valence-electron chi connectivity index (χ0n) is 11.1. The SMILES string of the molecule is CNC1(C(=O)O)CCC(Oc2ccc(F)cc2C)C1.